The second-order valence-corrected chi connectivity index (χ2v) is 10.9. The Kier molecular flexibility index (Phi) is 7.03. The molecule has 0 spiro atoms. The molecule has 1 amide bonds. The summed E-state index contributed by atoms with van der Waals surface area (Å²) in [6.07, 6.45) is 3.38. The maximum absolute atomic E-state index is 13.2. The summed E-state index contributed by atoms with van der Waals surface area (Å²) in [5.74, 6) is -0.254. The predicted molar refractivity (Wildman–Crippen MR) is 126 cm³/mol. The third-order valence-corrected chi connectivity index (χ3v) is 8.47. The van der Waals surface area contributed by atoms with E-state index in [1.807, 2.05) is 36.6 Å². The lowest BCUT2D eigenvalue weighted by atomic mass is 10.0. The molecule has 6 nitrogen and oxygen atoms in total. The number of aromatic nitrogens is 1. The molecule has 32 heavy (non-hydrogen) atoms. The second-order valence-electron chi connectivity index (χ2n) is 7.98. The molecule has 0 bridgehead atoms. The standard InChI is InChI=1S/C24H27N3O3S2/c1-18-17-31-23(26-18)11-4-5-13-25-24(28)20-9-6-10-22(15-20)32(29,30)27-14-12-19-7-2-3-8-21(19)16-27/h2-3,6-10,15,17H,4-5,11-14,16H2,1H3,(H,25,28). The Morgan fingerprint density at radius 3 is 2.72 bits per heavy atom. The first kappa shape index (κ1) is 22.6. The van der Waals surface area contributed by atoms with Crippen LogP contribution in [0, 0.1) is 6.92 Å². The average molecular weight is 470 g/mol. The van der Waals surface area contributed by atoms with Gasteiger partial charge in [0.15, 0.2) is 0 Å². The Balaban J connectivity index is 1.34. The summed E-state index contributed by atoms with van der Waals surface area (Å²) in [6.45, 7) is 3.32. The second kappa shape index (κ2) is 9.94. The molecule has 0 radical (unpaired) electrons. The number of aryl methyl sites for hydroxylation is 2. The van der Waals surface area contributed by atoms with Gasteiger partial charge in [0.05, 0.1) is 9.90 Å². The first-order valence-corrected chi connectivity index (χ1v) is 13.1. The van der Waals surface area contributed by atoms with Crippen molar-refractivity contribution in [2.24, 2.45) is 0 Å². The maximum Gasteiger partial charge on any atom is 0.251 e. The monoisotopic (exact) mass is 469 g/mol. The molecule has 8 heteroatoms. The highest BCUT2D eigenvalue weighted by molar-refractivity contribution is 7.89. The van der Waals surface area contributed by atoms with E-state index in [0.717, 1.165) is 35.5 Å². The normalized spacial score (nSPS) is 14.2. The number of hydrogen-bond donors (Lipinski definition) is 1. The fourth-order valence-electron chi connectivity index (χ4n) is 3.84. The number of nitrogens with zero attached hydrogens (tertiary/aromatic N) is 2. The van der Waals surface area contributed by atoms with Crippen LogP contribution in [-0.4, -0.2) is 36.7 Å². The van der Waals surface area contributed by atoms with Crippen molar-refractivity contribution in [1.82, 2.24) is 14.6 Å². The lowest BCUT2D eigenvalue weighted by Gasteiger charge is -2.28. The van der Waals surface area contributed by atoms with E-state index in [0.29, 0.717) is 31.6 Å². The summed E-state index contributed by atoms with van der Waals surface area (Å²) in [7, 11) is -3.67. The zero-order valence-corrected chi connectivity index (χ0v) is 19.7. The van der Waals surface area contributed by atoms with Gasteiger partial charge in [-0.1, -0.05) is 30.3 Å². The van der Waals surface area contributed by atoms with Crippen molar-refractivity contribution in [2.75, 3.05) is 13.1 Å². The number of fused-ring (bicyclic) bond motifs is 1. The largest absolute Gasteiger partial charge is 0.352 e. The van der Waals surface area contributed by atoms with E-state index in [1.54, 1.807) is 29.5 Å². The molecule has 1 aliphatic rings. The van der Waals surface area contributed by atoms with Crippen molar-refractivity contribution in [3.8, 4) is 0 Å². The molecule has 0 fully saturated rings. The number of carbonyl (C=O) groups is 1. The number of benzene rings is 2. The summed E-state index contributed by atoms with van der Waals surface area (Å²) in [5, 5.41) is 6.06. The lowest BCUT2D eigenvalue weighted by Crippen LogP contribution is -2.36. The molecule has 1 aliphatic heterocycles. The molecule has 168 valence electrons. The smallest absolute Gasteiger partial charge is 0.251 e. The fourth-order valence-corrected chi connectivity index (χ4v) is 6.13. The van der Waals surface area contributed by atoms with Gasteiger partial charge in [0, 0.05) is 36.3 Å². The number of nitrogens with one attached hydrogen (secondary N) is 1. The van der Waals surface area contributed by atoms with Gasteiger partial charge in [-0.15, -0.1) is 11.3 Å². The van der Waals surface area contributed by atoms with Gasteiger partial charge < -0.3 is 5.32 Å². The SMILES string of the molecule is Cc1csc(CCCCNC(=O)c2cccc(S(=O)(=O)N3CCc4ccccc4C3)c2)n1. The third-order valence-electron chi connectivity index (χ3n) is 5.60. The number of unbranched alkanes of at least 4 members (excludes halogenated alkanes) is 1. The third kappa shape index (κ3) is 5.26. The molecular formula is C24H27N3O3S2. The molecule has 0 atom stereocenters. The van der Waals surface area contributed by atoms with Crippen LogP contribution < -0.4 is 5.32 Å². The minimum Gasteiger partial charge on any atom is -0.352 e. The Hall–Kier alpha value is -2.55. The van der Waals surface area contributed by atoms with Gasteiger partial charge >= 0.3 is 0 Å². The number of carbonyl (C=O) groups excluding carboxylic acids is 1. The molecule has 4 rings (SSSR count). The highest BCUT2D eigenvalue weighted by Gasteiger charge is 2.28. The van der Waals surface area contributed by atoms with Crippen molar-refractivity contribution in [2.45, 2.75) is 44.0 Å². The zero-order chi connectivity index (χ0) is 22.6. The van der Waals surface area contributed by atoms with Gasteiger partial charge in [-0.2, -0.15) is 4.31 Å². The van der Waals surface area contributed by atoms with E-state index in [9.17, 15) is 13.2 Å². The summed E-state index contributed by atoms with van der Waals surface area (Å²) in [6, 6.07) is 14.2. The van der Waals surface area contributed by atoms with E-state index in [-0.39, 0.29) is 10.8 Å². The number of hydrogen-bond acceptors (Lipinski definition) is 5. The Bertz CT molecular complexity index is 1200. The molecule has 1 aromatic heterocycles. The van der Waals surface area contributed by atoms with Gasteiger partial charge in [0.2, 0.25) is 10.0 Å². The van der Waals surface area contributed by atoms with Crippen LogP contribution in [0.4, 0.5) is 0 Å². The summed E-state index contributed by atoms with van der Waals surface area (Å²) >= 11 is 1.66. The van der Waals surface area contributed by atoms with Crippen LogP contribution in [0.25, 0.3) is 0 Å². The van der Waals surface area contributed by atoms with Crippen LogP contribution in [0.3, 0.4) is 0 Å². The van der Waals surface area contributed by atoms with E-state index in [4.69, 9.17) is 0 Å². The van der Waals surface area contributed by atoms with Gasteiger partial charge in [-0.3, -0.25) is 4.79 Å². The predicted octanol–water partition coefficient (Wildman–Crippen LogP) is 3.95. The van der Waals surface area contributed by atoms with Crippen LogP contribution in [-0.2, 0) is 29.4 Å². The van der Waals surface area contributed by atoms with Gasteiger partial charge in [-0.25, -0.2) is 13.4 Å². The van der Waals surface area contributed by atoms with Gasteiger partial charge in [0.25, 0.3) is 5.91 Å². The highest BCUT2D eigenvalue weighted by Crippen LogP contribution is 2.25. The maximum atomic E-state index is 13.2. The molecule has 0 unspecified atom stereocenters. The molecule has 1 N–H and O–H groups in total. The minimum absolute atomic E-state index is 0.156. The number of rotatable bonds is 8. The number of thiazole rings is 1. The molecular weight excluding hydrogens is 442 g/mol. The Morgan fingerprint density at radius 2 is 1.94 bits per heavy atom. The molecule has 2 aromatic carbocycles. The van der Waals surface area contributed by atoms with Crippen molar-refractivity contribution >= 4 is 27.3 Å². The van der Waals surface area contributed by atoms with Crippen molar-refractivity contribution in [3.05, 3.63) is 81.3 Å². The minimum atomic E-state index is -3.67. The first-order valence-electron chi connectivity index (χ1n) is 10.8. The molecule has 0 aliphatic carbocycles. The molecule has 3 aromatic rings. The van der Waals surface area contributed by atoms with Crippen LogP contribution in [0.15, 0.2) is 58.8 Å². The summed E-state index contributed by atoms with van der Waals surface area (Å²) in [4.78, 5) is 17.2. The van der Waals surface area contributed by atoms with Crippen molar-refractivity contribution in [3.63, 3.8) is 0 Å². The average Bonchev–Trinajstić information content (AvgIpc) is 3.23. The highest BCUT2D eigenvalue weighted by atomic mass is 32.2. The Morgan fingerprint density at radius 1 is 1.12 bits per heavy atom. The topological polar surface area (TPSA) is 79.4 Å². The summed E-state index contributed by atoms with van der Waals surface area (Å²) in [5.41, 5.74) is 3.63. The van der Waals surface area contributed by atoms with Crippen LogP contribution >= 0.6 is 11.3 Å². The van der Waals surface area contributed by atoms with Crippen LogP contribution in [0.1, 0.15) is 45.0 Å². The molecule has 0 saturated heterocycles. The fraction of sp³-hybridized carbons (Fsp3) is 0.333. The van der Waals surface area contributed by atoms with Crippen LogP contribution in [0.5, 0.6) is 0 Å². The Labute approximate surface area is 193 Å². The molecule has 0 saturated carbocycles. The van der Waals surface area contributed by atoms with Crippen molar-refractivity contribution in [1.29, 1.82) is 0 Å². The first-order chi connectivity index (χ1) is 15.4. The number of sulfonamides is 1. The van der Waals surface area contributed by atoms with Crippen LogP contribution in [0.2, 0.25) is 0 Å². The molecule has 2 heterocycles. The van der Waals surface area contributed by atoms with Crippen molar-refractivity contribution < 1.29 is 13.2 Å². The van der Waals surface area contributed by atoms with E-state index in [1.165, 1.54) is 15.9 Å². The van der Waals surface area contributed by atoms with E-state index in [2.05, 4.69) is 10.3 Å². The summed E-state index contributed by atoms with van der Waals surface area (Å²) < 4.78 is 27.9. The zero-order valence-electron chi connectivity index (χ0n) is 18.1. The quantitative estimate of drug-likeness (QED) is 0.507. The lowest BCUT2D eigenvalue weighted by molar-refractivity contribution is 0.0953. The van der Waals surface area contributed by atoms with Gasteiger partial charge in [0.1, 0.15) is 0 Å². The van der Waals surface area contributed by atoms with E-state index >= 15 is 0 Å². The van der Waals surface area contributed by atoms with Gasteiger partial charge in [-0.05, 0) is 61.9 Å². The van der Waals surface area contributed by atoms with E-state index < -0.39 is 10.0 Å². The number of amides is 1.